The van der Waals surface area contributed by atoms with Crippen molar-refractivity contribution in [3.8, 4) is 22.9 Å². The van der Waals surface area contributed by atoms with Crippen molar-refractivity contribution < 1.29 is 27.8 Å². The average Bonchev–Trinajstić information content (AvgIpc) is 3.35. The van der Waals surface area contributed by atoms with Crippen LogP contribution in [0.25, 0.3) is 22.4 Å². The van der Waals surface area contributed by atoms with E-state index in [9.17, 15) is 13.6 Å². The molecule has 1 aromatic heterocycles. The fraction of sp³-hybridized carbons (Fsp3) is 0.429. The van der Waals surface area contributed by atoms with E-state index in [4.69, 9.17) is 30.8 Å². The van der Waals surface area contributed by atoms with E-state index in [-0.39, 0.29) is 18.6 Å². The van der Waals surface area contributed by atoms with Crippen molar-refractivity contribution in [1.29, 1.82) is 0 Å². The number of benzene rings is 3. The van der Waals surface area contributed by atoms with Gasteiger partial charge in [0.2, 0.25) is 0 Å². The van der Waals surface area contributed by atoms with Gasteiger partial charge in [0, 0.05) is 22.7 Å². The SMILES string of the molecule is CCOC(=O)C(C)(C)Oc1ccc(OCC(C2CCCCC2)n2c(-c3ccc(Cl)cc3)nc3cc(F)c(F)cc32)c(C)c1C. The van der Waals surface area contributed by atoms with Crippen LogP contribution in [0.3, 0.4) is 0 Å². The molecule has 44 heavy (non-hydrogen) atoms. The molecule has 1 fully saturated rings. The van der Waals surface area contributed by atoms with E-state index in [2.05, 4.69) is 0 Å². The highest BCUT2D eigenvalue weighted by atomic mass is 35.5. The van der Waals surface area contributed by atoms with Gasteiger partial charge in [0.25, 0.3) is 0 Å². The topological polar surface area (TPSA) is 62.6 Å². The van der Waals surface area contributed by atoms with Gasteiger partial charge in [0.1, 0.15) is 23.9 Å². The number of hydrogen-bond donors (Lipinski definition) is 0. The summed E-state index contributed by atoms with van der Waals surface area (Å²) < 4.78 is 48.9. The predicted molar refractivity (Wildman–Crippen MR) is 168 cm³/mol. The Bertz CT molecular complexity index is 1650. The minimum atomic E-state index is -1.16. The first kappa shape index (κ1) is 31.8. The van der Waals surface area contributed by atoms with Gasteiger partial charge in [-0.1, -0.05) is 30.9 Å². The van der Waals surface area contributed by atoms with Crippen molar-refractivity contribution in [2.45, 2.75) is 78.4 Å². The smallest absolute Gasteiger partial charge is 0.349 e. The third-order valence-corrected chi connectivity index (χ3v) is 8.84. The van der Waals surface area contributed by atoms with Crippen LogP contribution >= 0.6 is 11.6 Å². The Kier molecular flexibility index (Phi) is 9.49. The normalized spacial score (nSPS) is 14.9. The van der Waals surface area contributed by atoms with Gasteiger partial charge in [-0.25, -0.2) is 18.6 Å². The molecule has 4 aromatic rings. The molecule has 1 aliphatic carbocycles. The molecule has 0 bridgehead atoms. The lowest BCUT2D eigenvalue weighted by Crippen LogP contribution is -2.40. The van der Waals surface area contributed by atoms with Crippen molar-refractivity contribution in [2.24, 2.45) is 5.92 Å². The molecule has 0 N–H and O–H groups in total. The fourth-order valence-electron chi connectivity index (χ4n) is 6.00. The monoisotopic (exact) mass is 624 g/mol. The Morgan fingerprint density at radius 3 is 2.32 bits per heavy atom. The second-order valence-corrected chi connectivity index (χ2v) is 12.4. The number of aromatic nitrogens is 2. The number of imidazole rings is 1. The maximum atomic E-state index is 14.7. The molecular formula is C35H39ClF2N2O4. The number of halogens is 3. The van der Waals surface area contributed by atoms with Crippen LogP contribution in [0, 0.1) is 31.4 Å². The molecule has 1 unspecified atom stereocenters. The van der Waals surface area contributed by atoms with E-state index in [0.717, 1.165) is 48.4 Å². The van der Waals surface area contributed by atoms with E-state index in [0.29, 0.717) is 40.0 Å². The molecular weight excluding hydrogens is 586 g/mol. The third kappa shape index (κ3) is 6.55. The minimum absolute atomic E-state index is 0.200. The summed E-state index contributed by atoms with van der Waals surface area (Å²) in [7, 11) is 0. The lowest BCUT2D eigenvalue weighted by Gasteiger charge is -2.33. The van der Waals surface area contributed by atoms with Crippen LogP contribution in [0.1, 0.15) is 70.0 Å². The zero-order valence-electron chi connectivity index (χ0n) is 25.9. The Morgan fingerprint density at radius 2 is 1.64 bits per heavy atom. The van der Waals surface area contributed by atoms with E-state index in [1.807, 2.05) is 36.6 Å². The summed E-state index contributed by atoms with van der Waals surface area (Å²) >= 11 is 6.19. The van der Waals surface area contributed by atoms with Gasteiger partial charge < -0.3 is 18.8 Å². The average molecular weight is 625 g/mol. The summed E-state index contributed by atoms with van der Waals surface area (Å²) in [6, 6.07) is 13.2. The molecule has 9 heteroatoms. The van der Waals surface area contributed by atoms with Crippen molar-refractivity contribution in [3.63, 3.8) is 0 Å². The van der Waals surface area contributed by atoms with Gasteiger partial charge >= 0.3 is 5.97 Å². The predicted octanol–water partition coefficient (Wildman–Crippen LogP) is 9.17. The Morgan fingerprint density at radius 1 is 1.00 bits per heavy atom. The molecule has 3 aromatic carbocycles. The molecule has 0 amide bonds. The number of carbonyl (C=O) groups is 1. The van der Waals surface area contributed by atoms with Crippen LogP contribution in [0.2, 0.25) is 5.02 Å². The van der Waals surface area contributed by atoms with Crippen LogP contribution < -0.4 is 9.47 Å². The quantitative estimate of drug-likeness (QED) is 0.165. The summed E-state index contributed by atoms with van der Waals surface area (Å²) in [6.45, 7) is 9.57. The molecule has 5 rings (SSSR count). The molecule has 0 spiro atoms. The Hall–Kier alpha value is -3.65. The highest BCUT2D eigenvalue weighted by Gasteiger charge is 2.33. The van der Waals surface area contributed by atoms with Crippen LogP contribution in [-0.4, -0.2) is 34.3 Å². The zero-order chi connectivity index (χ0) is 31.6. The summed E-state index contributed by atoms with van der Waals surface area (Å²) in [4.78, 5) is 17.2. The van der Waals surface area contributed by atoms with E-state index in [1.54, 1.807) is 39.0 Å². The number of nitrogens with zero attached hydrogens (tertiary/aromatic N) is 2. The van der Waals surface area contributed by atoms with E-state index in [1.165, 1.54) is 12.5 Å². The van der Waals surface area contributed by atoms with Crippen molar-refractivity contribution in [2.75, 3.05) is 13.2 Å². The first-order chi connectivity index (χ1) is 21.0. The van der Waals surface area contributed by atoms with Gasteiger partial charge in [-0.3, -0.25) is 0 Å². The number of esters is 1. The van der Waals surface area contributed by atoms with E-state index >= 15 is 0 Å². The van der Waals surface area contributed by atoms with Crippen molar-refractivity contribution in [1.82, 2.24) is 9.55 Å². The molecule has 1 atom stereocenters. The second kappa shape index (κ2) is 13.1. The lowest BCUT2D eigenvalue weighted by atomic mass is 9.83. The molecule has 234 valence electrons. The van der Waals surface area contributed by atoms with Crippen LogP contribution in [-0.2, 0) is 9.53 Å². The van der Waals surface area contributed by atoms with Gasteiger partial charge in [0.15, 0.2) is 17.2 Å². The number of ether oxygens (including phenoxy) is 3. The summed E-state index contributed by atoms with van der Waals surface area (Å²) in [5, 5.41) is 0.588. The zero-order valence-corrected chi connectivity index (χ0v) is 26.6. The van der Waals surface area contributed by atoms with Crippen LogP contribution in [0.15, 0.2) is 48.5 Å². The third-order valence-electron chi connectivity index (χ3n) is 8.59. The minimum Gasteiger partial charge on any atom is -0.491 e. The van der Waals surface area contributed by atoms with Gasteiger partial charge in [-0.15, -0.1) is 0 Å². The molecule has 0 saturated heterocycles. The molecule has 6 nitrogen and oxygen atoms in total. The summed E-state index contributed by atoms with van der Waals surface area (Å²) in [6.07, 6.45) is 5.33. The standard InChI is InChI=1S/C35H39ClF2N2O4/c1-6-42-34(41)35(4,5)44-32-17-16-31(21(2)22(32)3)43-20-30(23-10-8-7-9-11-23)40-29-19-27(38)26(37)18-28(29)39-33(40)24-12-14-25(36)15-13-24/h12-19,23,30H,6-11,20H2,1-5H3. The number of rotatable bonds is 10. The highest BCUT2D eigenvalue weighted by molar-refractivity contribution is 6.30. The highest BCUT2D eigenvalue weighted by Crippen LogP contribution is 2.40. The number of carbonyl (C=O) groups excluding carboxylic acids is 1. The molecule has 0 radical (unpaired) electrons. The maximum absolute atomic E-state index is 14.7. The molecule has 1 heterocycles. The second-order valence-electron chi connectivity index (χ2n) is 12.0. The fourth-order valence-corrected chi connectivity index (χ4v) is 6.13. The lowest BCUT2D eigenvalue weighted by molar-refractivity contribution is -0.158. The maximum Gasteiger partial charge on any atom is 0.349 e. The van der Waals surface area contributed by atoms with Crippen molar-refractivity contribution >= 4 is 28.6 Å². The van der Waals surface area contributed by atoms with Crippen LogP contribution in [0.4, 0.5) is 8.78 Å². The van der Waals surface area contributed by atoms with E-state index < -0.39 is 23.2 Å². The Balaban J connectivity index is 1.52. The number of hydrogen-bond acceptors (Lipinski definition) is 5. The van der Waals surface area contributed by atoms with Crippen molar-refractivity contribution in [3.05, 3.63) is 76.3 Å². The summed E-state index contributed by atoms with van der Waals surface area (Å²) in [5.41, 5.74) is 2.27. The molecule has 1 aliphatic rings. The summed E-state index contributed by atoms with van der Waals surface area (Å²) in [5.74, 6) is -0.187. The van der Waals surface area contributed by atoms with Gasteiger partial charge in [-0.05, 0) is 101 Å². The van der Waals surface area contributed by atoms with Gasteiger partial charge in [0.05, 0.1) is 23.7 Å². The van der Waals surface area contributed by atoms with Gasteiger partial charge in [-0.2, -0.15) is 0 Å². The largest absolute Gasteiger partial charge is 0.491 e. The van der Waals surface area contributed by atoms with Crippen LogP contribution in [0.5, 0.6) is 11.5 Å². The first-order valence-corrected chi connectivity index (χ1v) is 15.6. The number of fused-ring (bicyclic) bond motifs is 1. The molecule has 0 aliphatic heterocycles. The molecule has 1 saturated carbocycles. The first-order valence-electron chi connectivity index (χ1n) is 15.2. The Labute approximate surface area is 262 Å².